The molecular weight excluding hydrogens is 286 g/mol. The zero-order valence-electron chi connectivity index (χ0n) is 10.6. The predicted molar refractivity (Wildman–Crippen MR) is 72.4 cm³/mol. The van der Waals surface area contributed by atoms with Crippen molar-refractivity contribution in [2.75, 3.05) is 12.4 Å². The molecule has 2 atom stereocenters. The summed E-state index contributed by atoms with van der Waals surface area (Å²) >= 11 is 5.83. The summed E-state index contributed by atoms with van der Waals surface area (Å²) in [5.41, 5.74) is 0.499. The maximum absolute atomic E-state index is 11.9. The van der Waals surface area contributed by atoms with Crippen molar-refractivity contribution in [2.45, 2.75) is 12.5 Å². The van der Waals surface area contributed by atoms with Gasteiger partial charge in [-0.1, -0.05) is 11.6 Å². The summed E-state index contributed by atoms with van der Waals surface area (Å²) in [4.78, 5) is 33.6. The van der Waals surface area contributed by atoms with Crippen LogP contribution in [0.3, 0.4) is 0 Å². The molecule has 0 aromatic heterocycles. The molecule has 7 nitrogen and oxygen atoms in total. The van der Waals surface area contributed by atoms with Gasteiger partial charge in [-0.05, 0) is 18.2 Å². The summed E-state index contributed by atoms with van der Waals surface area (Å²) in [6, 6.07) is 3.61. The Hall–Kier alpha value is -2.15. The molecular formula is C12H12ClN3O4. The number of nitro groups is 1. The molecule has 2 unspecified atom stereocenters. The van der Waals surface area contributed by atoms with E-state index >= 15 is 0 Å². The molecule has 0 radical (unpaired) electrons. The average molecular weight is 298 g/mol. The fraction of sp³-hybridized carbons (Fsp3) is 0.333. The van der Waals surface area contributed by atoms with Crippen molar-refractivity contribution >= 4 is 29.1 Å². The molecule has 1 aromatic carbocycles. The van der Waals surface area contributed by atoms with Gasteiger partial charge in [0.15, 0.2) is 0 Å². The minimum absolute atomic E-state index is 0.217. The fourth-order valence-corrected chi connectivity index (χ4v) is 2.05. The Labute approximate surface area is 119 Å². The second kappa shape index (κ2) is 5.46. The molecule has 0 aliphatic heterocycles. The van der Waals surface area contributed by atoms with Gasteiger partial charge >= 0.3 is 0 Å². The van der Waals surface area contributed by atoms with Crippen molar-refractivity contribution < 1.29 is 14.5 Å². The van der Waals surface area contributed by atoms with Crippen LogP contribution in [0.15, 0.2) is 18.2 Å². The van der Waals surface area contributed by atoms with Crippen LogP contribution in [0.25, 0.3) is 0 Å². The van der Waals surface area contributed by atoms with E-state index in [-0.39, 0.29) is 23.6 Å². The molecule has 1 saturated carbocycles. The zero-order valence-corrected chi connectivity index (χ0v) is 11.3. The molecule has 2 rings (SSSR count). The number of carbonyl (C=O) groups is 2. The number of nitrogens with one attached hydrogen (secondary N) is 2. The van der Waals surface area contributed by atoms with Crippen LogP contribution in [0.5, 0.6) is 0 Å². The molecule has 1 aliphatic rings. The van der Waals surface area contributed by atoms with Gasteiger partial charge in [-0.15, -0.1) is 0 Å². The van der Waals surface area contributed by atoms with E-state index in [1.54, 1.807) is 0 Å². The Balaban J connectivity index is 2.16. The molecule has 0 spiro atoms. The molecule has 20 heavy (non-hydrogen) atoms. The number of benzene rings is 1. The van der Waals surface area contributed by atoms with Gasteiger partial charge < -0.3 is 10.6 Å². The van der Waals surface area contributed by atoms with Crippen molar-refractivity contribution in [3.05, 3.63) is 38.9 Å². The second-order valence-electron chi connectivity index (χ2n) is 4.45. The Kier molecular flexibility index (Phi) is 3.89. The van der Waals surface area contributed by atoms with Crippen LogP contribution >= 0.6 is 11.6 Å². The van der Waals surface area contributed by atoms with Gasteiger partial charge in [0, 0.05) is 23.4 Å². The van der Waals surface area contributed by atoms with Gasteiger partial charge in [-0.2, -0.15) is 0 Å². The fourth-order valence-electron chi connectivity index (χ4n) is 1.87. The van der Waals surface area contributed by atoms with Crippen molar-refractivity contribution in [2.24, 2.45) is 5.92 Å². The highest BCUT2D eigenvalue weighted by molar-refractivity contribution is 6.31. The minimum Gasteiger partial charge on any atom is -0.355 e. The van der Waals surface area contributed by atoms with Gasteiger partial charge in [0.05, 0.1) is 11.3 Å². The van der Waals surface area contributed by atoms with E-state index in [4.69, 9.17) is 11.6 Å². The highest BCUT2D eigenvalue weighted by Gasteiger charge is 2.53. The molecule has 1 aliphatic carbocycles. The summed E-state index contributed by atoms with van der Waals surface area (Å²) in [6.07, 6.45) is 0.217. The molecule has 2 amide bonds. The van der Waals surface area contributed by atoms with Crippen LogP contribution in [-0.2, 0) is 4.79 Å². The molecule has 0 heterocycles. The third-order valence-electron chi connectivity index (χ3n) is 3.08. The normalized spacial score (nSPS) is 20.1. The molecule has 2 N–H and O–H groups in total. The highest BCUT2D eigenvalue weighted by atomic mass is 35.5. The number of anilines is 1. The van der Waals surface area contributed by atoms with Crippen molar-refractivity contribution in [3.8, 4) is 0 Å². The number of nitrogens with zero attached hydrogens (tertiary/aromatic N) is 1. The number of halogens is 1. The van der Waals surface area contributed by atoms with Gasteiger partial charge in [-0.3, -0.25) is 19.7 Å². The summed E-state index contributed by atoms with van der Waals surface area (Å²) < 4.78 is 0. The summed E-state index contributed by atoms with van der Waals surface area (Å²) in [5.74, 6) is -1.50. The second-order valence-corrected chi connectivity index (χ2v) is 4.89. The van der Waals surface area contributed by atoms with Crippen molar-refractivity contribution in [1.29, 1.82) is 0 Å². The van der Waals surface area contributed by atoms with Crippen LogP contribution in [0.1, 0.15) is 16.8 Å². The van der Waals surface area contributed by atoms with Gasteiger partial charge in [0.1, 0.15) is 5.92 Å². The summed E-state index contributed by atoms with van der Waals surface area (Å²) in [7, 11) is 1.46. The first-order valence-corrected chi connectivity index (χ1v) is 6.28. The van der Waals surface area contributed by atoms with Crippen LogP contribution < -0.4 is 10.6 Å². The molecule has 8 heteroatoms. The number of rotatable bonds is 4. The lowest BCUT2D eigenvalue weighted by atomic mass is 10.1. The van der Waals surface area contributed by atoms with E-state index < -0.39 is 22.8 Å². The predicted octanol–water partition coefficient (Wildman–Crippen LogP) is 1.30. The summed E-state index contributed by atoms with van der Waals surface area (Å²) in [6.45, 7) is 0. The zero-order chi connectivity index (χ0) is 14.9. The topological polar surface area (TPSA) is 101 Å². The average Bonchev–Trinajstić information content (AvgIpc) is 3.18. The number of hydrogen-bond donors (Lipinski definition) is 2. The first-order chi connectivity index (χ1) is 9.43. The lowest BCUT2D eigenvalue weighted by Crippen LogP contribution is -2.23. The minimum atomic E-state index is -0.836. The number of carbonyl (C=O) groups excluding carboxylic acids is 2. The van der Waals surface area contributed by atoms with Crippen molar-refractivity contribution in [3.63, 3.8) is 0 Å². The largest absolute Gasteiger partial charge is 0.355 e. The number of amides is 2. The lowest BCUT2D eigenvalue weighted by Gasteiger charge is -2.10. The first kappa shape index (κ1) is 14.3. The summed E-state index contributed by atoms with van der Waals surface area (Å²) in [5, 5.41) is 15.9. The smallest absolute Gasteiger partial charge is 0.253 e. The lowest BCUT2D eigenvalue weighted by molar-refractivity contribution is -0.497. The third-order valence-corrected chi connectivity index (χ3v) is 3.31. The van der Waals surface area contributed by atoms with E-state index in [2.05, 4.69) is 10.6 Å². The molecule has 0 saturated heterocycles. The maximum atomic E-state index is 11.9. The Morgan fingerprint density at radius 2 is 2.15 bits per heavy atom. The van der Waals surface area contributed by atoms with Gasteiger partial charge in [0.25, 0.3) is 5.91 Å². The van der Waals surface area contributed by atoms with E-state index in [0.717, 1.165) is 0 Å². The maximum Gasteiger partial charge on any atom is 0.253 e. The Morgan fingerprint density at radius 1 is 1.45 bits per heavy atom. The van der Waals surface area contributed by atoms with Crippen LogP contribution in [0, 0.1) is 16.0 Å². The van der Waals surface area contributed by atoms with Crippen molar-refractivity contribution in [1.82, 2.24) is 5.32 Å². The van der Waals surface area contributed by atoms with Gasteiger partial charge in [0.2, 0.25) is 11.9 Å². The van der Waals surface area contributed by atoms with E-state index in [0.29, 0.717) is 5.02 Å². The van der Waals surface area contributed by atoms with Crippen LogP contribution in [-0.4, -0.2) is 29.8 Å². The molecule has 0 bridgehead atoms. The molecule has 1 fully saturated rings. The Bertz CT molecular complexity index is 590. The van der Waals surface area contributed by atoms with Crippen LogP contribution in [0.4, 0.5) is 5.69 Å². The standard InChI is InChI=1S/C12H12ClN3O4/c1-14-11(17)7-3-2-6(13)4-9(7)15-12(18)8-5-10(8)16(19)20/h2-4,8,10H,5H2,1H3,(H,14,17)(H,15,18). The van der Waals surface area contributed by atoms with E-state index in [1.807, 2.05) is 0 Å². The van der Waals surface area contributed by atoms with E-state index in [1.165, 1.54) is 25.2 Å². The SMILES string of the molecule is CNC(=O)c1ccc(Cl)cc1NC(=O)C1CC1[N+](=O)[O-]. The first-order valence-electron chi connectivity index (χ1n) is 5.90. The highest BCUT2D eigenvalue weighted by Crippen LogP contribution is 2.34. The Morgan fingerprint density at radius 3 is 2.70 bits per heavy atom. The third kappa shape index (κ3) is 2.88. The molecule has 1 aromatic rings. The van der Waals surface area contributed by atoms with Crippen LogP contribution in [0.2, 0.25) is 5.02 Å². The van der Waals surface area contributed by atoms with E-state index in [9.17, 15) is 19.7 Å². The monoisotopic (exact) mass is 297 g/mol. The number of hydrogen-bond acceptors (Lipinski definition) is 4. The molecule has 106 valence electrons. The van der Waals surface area contributed by atoms with Gasteiger partial charge in [-0.25, -0.2) is 0 Å². The quantitative estimate of drug-likeness (QED) is 0.646.